The van der Waals surface area contributed by atoms with Gasteiger partial charge in [-0.2, -0.15) is 0 Å². The Labute approximate surface area is 122 Å². The average molecular weight is 274 g/mol. The van der Waals surface area contributed by atoms with Crippen molar-refractivity contribution in [2.24, 2.45) is 5.92 Å². The van der Waals surface area contributed by atoms with Gasteiger partial charge in [-0.15, -0.1) is 0 Å². The smallest absolute Gasteiger partial charge is 0.0599 e. The van der Waals surface area contributed by atoms with Crippen LogP contribution in [0.3, 0.4) is 0 Å². The molecule has 4 nitrogen and oxygen atoms in total. The molecule has 1 aromatic rings. The highest BCUT2D eigenvalue weighted by Crippen LogP contribution is 2.29. The van der Waals surface area contributed by atoms with Gasteiger partial charge < -0.3 is 15.1 Å². The number of nitrogens with one attached hydrogen (secondary N) is 1. The molecule has 20 heavy (non-hydrogen) atoms. The van der Waals surface area contributed by atoms with Crippen molar-refractivity contribution in [3.05, 3.63) is 24.0 Å². The van der Waals surface area contributed by atoms with Crippen molar-refractivity contribution in [3.8, 4) is 0 Å². The van der Waals surface area contributed by atoms with Gasteiger partial charge in [-0.25, -0.2) is 0 Å². The zero-order valence-electron chi connectivity index (χ0n) is 12.8. The van der Waals surface area contributed by atoms with Crippen LogP contribution in [-0.2, 0) is 6.54 Å². The Morgan fingerprint density at radius 2 is 2.15 bits per heavy atom. The van der Waals surface area contributed by atoms with Crippen LogP contribution >= 0.6 is 0 Å². The second-order valence-corrected chi connectivity index (χ2v) is 6.57. The molecule has 0 aromatic carbocycles. The lowest BCUT2D eigenvalue weighted by Crippen LogP contribution is -2.34. The van der Waals surface area contributed by atoms with Crippen molar-refractivity contribution >= 4 is 5.69 Å². The molecule has 2 heterocycles. The first-order valence-corrected chi connectivity index (χ1v) is 7.73. The molecule has 0 spiro atoms. The number of anilines is 1. The van der Waals surface area contributed by atoms with Crippen LogP contribution in [0.1, 0.15) is 25.3 Å². The zero-order chi connectivity index (χ0) is 14.1. The predicted octanol–water partition coefficient (Wildman–Crippen LogP) is 1.72. The standard InChI is InChI=1S/C16H26N4/c1-12-10-20(11-16(12)19(2)3)15-9-17-7-6-13(15)8-18-14-4-5-14/h6-7,9,12,14,16,18H,4-5,8,10-11H2,1-3H3. The number of rotatable bonds is 5. The molecule has 2 unspecified atom stereocenters. The largest absolute Gasteiger partial charge is 0.368 e. The summed E-state index contributed by atoms with van der Waals surface area (Å²) in [6.07, 6.45) is 6.62. The van der Waals surface area contributed by atoms with E-state index in [0.717, 1.165) is 25.7 Å². The summed E-state index contributed by atoms with van der Waals surface area (Å²) in [5, 5.41) is 3.62. The third-order valence-electron chi connectivity index (χ3n) is 4.62. The molecule has 2 fully saturated rings. The highest BCUT2D eigenvalue weighted by molar-refractivity contribution is 5.53. The lowest BCUT2D eigenvalue weighted by atomic mass is 10.1. The maximum atomic E-state index is 4.34. The summed E-state index contributed by atoms with van der Waals surface area (Å²) in [5.74, 6) is 0.703. The van der Waals surface area contributed by atoms with Gasteiger partial charge in [-0.1, -0.05) is 6.92 Å². The number of hydrogen-bond acceptors (Lipinski definition) is 4. The summed E-state index contributed by atoms with van der Waals surface area (Å²) in [5.41, 5.74) is 2.70. The molecule has 1 N–H and O–H groups in total. The van der Waals surface area contributed by atoms with Gasteiger partial charge in [0.2, 0.25) is 0 Å². The van der Waals surface area contributed by atoms with Crippen LogP contribution < -0.4 is 10.2 Å². The summed E-state index contributed by atoms with van der Waals surface area (Å²) in [6.45, 7) is 5.56. The molecule has 0 bridgehead atoms. The van der Waals surface area contributed by atoms with Crippen LogP contribution in [0.2, 0.25) is 0 Å². The molecule has 2 atom stereocenters. The van der Waals surface area contributed by atoms with Crippen LogP contribution in [0, 0.1) is 5.92 Å². The minimum Gasteiger partial charge on any atom is -0.368 e. The Hall–Kier alpha value is -1.13. The van der Waals surface area contributed by atoms with Crippen molar-refractivity contribution in [1.82, 2.24) is 15.2 Å². The molecular weight excluding hydrogens is 248 g/mol. The normalized spacial score (nSPS) is 26.5. The van der Waals surface area contributed by atoms with E-state index in [1.807, 2.05) is 12.4 Å². The highest BCUT2D eigenvalue weighted by Gasteiger charge is 2.32. The summed E-state index contributed by atoms with van der Waals surface area (Å²) in [7, 11) is 4.37. The fourth-order valence-corrected chi connectivity index (χ4v) is 3.21. The Morgan fingerprint density at radius 1 is 1.35 bits per heavy atom. The maximum Gasteiger partial charge on any atom is 0.0599 e. The summed E-state index contributed by atoms with van der Waals surface area (Å²) < 4.78 is 0. The second kappa shape index (κ2) is 5.70. The van der Waals surface area contributed by atoms with Crippen LogP contribution in [0.4, 0.5) is 5.69 Å². The number of hydrogen-bond donors (Lipinski definition) is 1. The van der Waals surface area contributed by atoms with E-state index in [-0.39, 0.29) is 0 Å². The van der Waals surface area contributed by atoms with Gasteiger partial charge >= 0.3 is 0 Å². The van der Waals surface area contributed by atoms with Gasteiger partial charge in [0.05, 0.1) is 11.9 Å². The summed E-state index contributed by atoms with van der Waals surface area (Å²) in [6, 6.07) is 3.56. The molecule has 2 aliphatic rings. The Bertz CT molecular complexity index is 456. The van der Waals surface area contributed by atoms with Gasteiger partial charge in [0.25, 0.3) is 0 Å². The third kappa shape index (κ3) is 2.96. The van der Waals surface area contributed by atoms with Crippen molar-refractivity contribution in [2.75, 3.05) is 32.1 Å². The number of pyridine rings is 1. The lowest BCUT2D eigenvalue weighted by molar-refractivity contribution is 0.266. The van der Waals surface area contributed by atoms with Gasteiger partial charge in [-0.3, -0.25) is 4.98 Å². The molecule has 1 saturated heterocycles. The van der Waals surface area contributed by atoms with Crippen molar-refractivity contribution in [2.45, 2.75) is 38.4 Å². The van der Waals surface area contributed by atoms with E-state index in [1.165, 1.54) is 24.1 Å². The maximum absolute atomic E-state index is 4.34. The van der Waals surface area contributed by atoms with Gasteiger partial charge in [0.1, 0.15) is 0 Å². The topological polar surface area (TPSA) is 31.4 Å². The van der Waals surface area contributed by atoms with Gasteiger partial charge in [0.15, 0.2) is 0 Å². The van der Waals surface area contributed by atoms with E-state index in [4.69, 9.17) is 0 Å². The molecular formula is C16H26N4. The lowest BCUT2D eigenvalue weighted by Gasteiger charge is -2.24. The number of nitrogens with zero attached hydrogens (tertiary/aromatic N) is 3. The van der Waals surface area contributed by atoms with E-state index < -0.39 is 0 Å². The third-order valence-corrected chi connectivity index (χ3v) is 4.62. The van der Waals surface area contributed by atoms with Gasteiger partial charge in [0, 0.05) is 37.9 Å². The molecule has 1 saturated carbocycles. The Morgan fingerprint density at radius 3 is 2.80 bits per heavy atom. The van der Waals surface area contributed by atoms with E-state index in [9.17, 15) is 0 Å². The van der Waals surface area contributed by atoms with Crippen LogP contribution in [0.5, 0.6) is 0 Å². The molecule has 1 aliphatic carbocycles. The van der Waals surface area contributed by atoms with Crippen LogP contribution in [0.25, 0.3) is 0 Å². The molecule has 3 rings (SSSR count). The van der Waals surface area contributed by atoms with Crippen molar-refractivity contribution < 1.29 is 0 Å². The molecule has 1 aliphatic heterocycles. The first kappa shape index (κ1) is 13.8. The van der Waals surface area contributed by atoms with Crippen molar-refractivity contribution in [3.63, 3.8) is 0 Å². The van der Waals surface area contributed by atoms with Crippen LogP contribution in [0.15, 0.2) is 18.5 Å². The minimum atomic E-state index is 0.638. The fraction of sp³-hybridized carbons (Fsp3) is 0.688. The second-order valence-electron chi connectivity index (χ2n) is 6.57. The number of aromatic nitrogens is 1. The van der Waals surface area contributed by atoms with Crippen LogP contribution in [-0.4, -0.2) is 49.2 Å². The van der Waals surface area contributed by atoms with Crippen molar-refractivity contribution in [1.29, 1.82) is 0 Å². The predicted molar refractivity (Wildman–Crippen MR) is 83.0 cm³/mol. The average Bonchev–Trinajstić information content (AvgIpc) is 3.18. The SMILES string of the molecule is CC1CN(c2cnccc2CNC2CC2)CC1N(C)C. The van der Waals surface area contributed by atoms with E-state index in [2.05, 4.69) is 47.2 Å². The zero-order valence-corrected chi connectivity index (χ0v) is 12.8. The summed E-state index contributed by atoms with van der Waals surface area (Å²) >= 11 is 0. The molecule has 110 valence electrons. The fourth-order valence-electron chi connectivity index (χ4n) is 3.21. The monoisotopic (exact) mass is 274 g/mol. The quantitative estimate of drug-likeness (QED) is 0.886. The minimum absolute atomic E-state index is 0.638. The molecule has 0 radical (unpaired) electrons. The summed E-state index contributed by atoms with van der Waals surface area (Å²) in [4.78, 5) is 9.20. The highest BCUT2D eigenvalue weighted by atomic mass is 15.2. The molecule has 4 heteroatoms. The molecule has 1 aromatic heterocycles. The number of likely N-dealkylation sites (N-methyl/N-ethyl adjacent to an activating group) is 1. The Kier molecular flexibility index (Phi) is 3.94. The molecule has 0 amide bonds. The van der Waals surface area contributed by atoms with Gasteiger partial charge in [-0.05, 0) is 44.5 Å². The van der Waals surface area contributed by atoms with E-state index >= 15 is 0 Å². The van der Waals surface area contributed by atoms with E-state index in [0.29, 0.717) is 12.0 Å². The first-order valence-electron chi connectivity index (χ1n) is 7.73. The first-order chi connectivity index (χ1) is 9.65. The van der Waals surface area contributed by atoms with E-state index in [1.54, 1.807) is 0 Å². The Balaban J connectivity index is 1.72.